The predicted molar refractivity (Wildman–Crippen MR) is 108 cm³/mol. The number of nitrogens with zero attached hydrogens (tertiary/aromatic N) is 3. The molecule has 0 bridgehead atoms. The monoisotopic (exact) mass is 383 g/mol. The van der Waals surface area contributed by atoms with Crippen LogP contribution < -0.4 is 10.6 Å². The van der Waals surface area contributed by atoms with E-state index in [9.17, 15) is 4.79 Å². The number of carbonyl (C=O) groups excluding carboxylic acids is 1. The van der Waals surface area contributed by atoms with E-state index in [0.717, 1.165) is 43.7 Å². The maximum atomic E-state index is 12.0. The van der Waals surface area contributed by atoms with Crippen molar-refractivity contribution >= 4 is 23.3 Å². The number of nitrogens with one attached hydrogen (secondary N) is 2. The summed E-state index contributed by atoms with van der Waals surface area (Å²) in [4.78, 5) is 24.1. The lowest BCUT2D eigenvalue weighted by Gasteiger charge is -2.18. The van der Waals surface area contributed by atoms with Gasteiger partial charge >= 0.3 is 5.97 Å². The van der Waals surface area contributed by atoms with Crippen LogP contribution in [0.5, 0.6) is 0 Å². The molecule has 0 saturated carbocycles. The maximum Gasteiger partial charge on any atom is 0.350 e. The van der Waals surface area contributed by atoms with Gasteiger partial charge in [0.2, 0.25) is 0 Å². The Kier molecular flexibility index (Phi) is 10.2. The highest BCUT2D eigenvalue weighted by atomic mass is 32.1. The Morgan fingerprint density at radius 1 is 1.31 bits per heavy atom. The molecule has 0 aliphatic rings. The SMILES string of the molecule is CCNC(=NCCN(CC)CC)NC(C)c1nc(C)c(C(=O)OCC)s1. The second kappa shape index (κ2) is 11.9. The van der Waals surface area contributed by atoms with Gasteiger partial charge in [0, 0.05) is 13.1 Å². The van der Waals surface area contributed by atoms with Crippen LogP contribution in [-0.2, 0) is 4.74 Å². The van der Waals surface area contributed by atoms with Crippen molar-refractivity contribution in [2.24, 2.45) is 4.99 Å². The van der Waals surface area contributed by atoms with Crippen LogP contribution in [0.2, 0.25) is 0 Å². The molecule has 1 heterocycles. The molecule has 1 rings (SSSR count). The summed E-state index contributed by atoms with van der Waals surface area (Å²) in [6.07, 6.45) is 0. The van der Waals surface area contributed by atoms with E-state index in [1.165, 1.54) is 11.3 Å². The number of aryl methyl sites for hydroxylation is 1. The smallest absolute Gasteiger partial charge is 0.350 e. The Morgan fingerprint density at radius 3 is 2.58 bits per heavy atom. The van der Waals surface area contributed by atoms with Crippen molar-refractivity contribution < 1.29 is 9.53 Å². The number of guanidine groups is 1. The van der Waals surface area contributed by atoms with Gasteiger partial charge in [-0.3, -0.25) is 4.99 Å². The van der Waals surface area contributed by atoms with Gasteiger partial charge in [0.15, 0.2) is 5.96 Å². The van der Waals surface area contributed by atoms with Crippen LogP contribution in [0, 0.1) is 6.92 Å². The summed E-state index contributed by atoms with van der Waals surface area (Å²) in [7, 11) is 0. The lowest BCUT2D eigenvalue weighted by atomic mass is 10.3. The van der Waals surface area contributed by atoms with Gasteiger partial charge in [-0.15, -0.1) is 11.3 Å². The molecule has 0 aliphatic heterocycles. The topological polar surface area (TPSA) is 78.9 Å². The van der Waals surface area contributed by atoms with E-state index in [1.54, 1.807) is 6.92 Å². The van der Waals surface area contributed by atoms with E-state index in [1.807, 2.05) is 20.8 Å². The maximum absolute atomic E-state index is 12.0. The molecule has 8 heteroatoms. The van der Waals surface area contributed by atoms with Crippen molar-refractivity contribution in [3.63, 3.8) is 0 Å². The van der Waals surface area contributed by atoms with Crippen molar-refractivity contribution in [2.45, 2.75) is 47.6 Å². The quantitative estimate of drug-likeness (QED) is 0.367. The van der Waals surface area contributed by atoms with Crippen molar-refractivity contribution in [3.05, 3.63) is 15.6 Å². The molecule has 1 aromatic rings. The molecule has 0 aliphatic carbocycles. The number of likely N-dealkylation sites (N-methyl/N-ethyl adjacent to an activating group) is 1. The minimum Gasteiger partial charge on any atom is -0.462 e. The molecular weight excluding hydrogens is 350 g/mol. The van der Waals surface area contributed by atoms with E-state index in [-0.39, 0.29) is 12.0 Å². The normalized spacial score (nSPS) is 13.0. The first-order valence-corrected chi connectivity index (χ1v) is 10.2. The summed E-state index contributed by atoms with van der Waals surface area (Å²) < 4.78 is 5.09. The van der Waals surface area contributed by atoms with Crippen LogP contribution in [0.25, 0.3) is 0 Å². The Hall–Kier alpha value is -1.67. The molecule has 0 fully saturated rings. The number of rotatable bonds is 10. The summed E-state index contributed by atoms with van der Waals surface area (Å²) in [6.45, 7) is 16.9. The third-order valence-corrected chi connectivity index (χ3v) is 5.24. The van der Waals surface area contributed by atoms with Crippen molar-refractivity contribution in [2.75, 3.05) is 39.3 Å². The second-order valence-corrected chi connectivity index (χ2v) is 6.87. The molecule has 0 amide bonds. The second-order valence-electron chi connectivity index (χ2n) is 5.84. The third kappa shape index (κ3) is 6.92. The molecule has 1 aromatic heterocycles. The van der Waals surface area contributed by atoms with E-state index < -0.39 is 0 Å². The van der Waals surface area contributed by atoms with Crippen molar-refractivity contribution in [3.8, 4) is 0 Å². The van der Waals surface area contributed by atoms with Gasteiger partial charge in [-0.1, -0.05) is 13.8 Å². The molecule has 2 N–H and O–H groups in total. The molecule has 1 atom stereocenters. The number of thiazole rings is 1. The third-order valence-electron chi connectivity index (χ3n) is 3.92. The van der Waals surface area contributed by atoms with Gasteiger partial charge < -0.3 is 20.3 Å². The number of ether oxygens (including phenoxy) is 1. The fraction of sp³-hybridized carbons (Fsp3) is 0.722. The van der Waals surface area contributed by atoms with Gasteiger partial charge in [0.25, 0.3) is 0 Å². The Balaban J connectivity index is 2.76. The van der Waals surface area contributed by atoms with Gasteiger partial charge in [0.1, 0.15) is 9.88 Å². The molecule has 26 heavy (non-hydrogen) atoms. The molecule has 0 spiro atoms. The van der Waals surface area contributed by atoms with Crippen LogP contribution in [0.1, 0.15) is 61.0 Å². The van der Waals surface area contributed by atoms with Crippen molar-refractivity contribution in [1.82, 2.24) is 20.5 Å². The lowest BCUT2D eigenvalue weighted by Crippen LogP contribution is -2.39. The molecule has 0 radical (unpaired) electrons. The number of aromatic nitrogens is 1. The van der Waals surface area contributed by atoms with Crippen LogP contribution in [0.4, 0.5) is 0 Å². The van der Waals surface area contributed by atoms with E-state index in [0.29, 0.717) is 17.2 Å². The molecule has 0 aromatic carbocycles. The number of aliphatic imine (C=N–C) groups is 1. The summed E-state index contributed by atoms with van der Waals surface area (Å²) in [6, 6.07) is -0.0480. The summed E-state index contributed by atoms with van der Waals surface area (Å²) in [5.74, 6) is 0.457. The standard InChI is InChI=1S/C18H33N5O2S/c1-7-19-18(20-11-12-23(8-2)9-3)22-14(6)16-21-13(5)15(26-16)17(24)25-10-4/h14H,7-12H2,1-6H3,(H2,19,20,22). The Labute approximate surface area is 161 Å². The van der Waals surface area contributed by atoms with Gasteiger partial charge in [0.05, 0.1) is 24.9 Å². The molecule has 0 saturated heterocycles. The number of hydrogen-bond acceptors (Lipinski definition) is 6. The molecule has 1 unspecified atom stereocenters. The zero-order chi connectivity index (χ0) is 19.5. The largest absolute Gasteiger partial charge is 0.462 e. The highest BCUT2D eigenvalue weighted by Crippen LogP contribution is 2.24. The zero-order valence-electron chi connectivity index (χ0n) is 16.9. The fourth-order valence-electron chi connectivity index (χ4n) is 2.42. The van der Waals surface area contributed by atoms with Gasteiger partial charge in [-0.25, -0.2) is 9.78 Å². The summed E-state index contributed by atoms with van der Waals surface area (Å²) in [5, 5.41) is 7.48. The number of esters is 1. The van der Waals surface area contributed by atoms with Crippen LogP contribution in [0.3, 0.4) is 0 Å². The number of carbonyl (C=O) groups is 1. The first-order chi connectivity index (χ1) is 12.5. The van der Waals surface area contributed by atoms with E-state index in [4.69, 9.17) is 4.74 Å². The number of hydrogen-bond donors (Lipinski definition) is 2. The minimum absolute atomic E-state index is 0.0480. The average Bonchev–Trinajstić information content (AvgIpc) is 3.01. The van der Waals surface area contributed by atoms with Crippen LogP contribution in [0.15, 0.2) is 4.99 Å². The van der Waals surface area contributed by atoms with Gasteiger partial charge in [-0.05, 0) is 40.8 Å². The van der Waals surface area contributed by atoms with Crippen molar-refractivity contribution in [1.29, 1.82) is 0 Å². The highest BCUT2D eigenvalue weighted by Gasteiger charge is 2.20. The van der Waals surface area contributed by atoms with E-state index in [2.05, 4.69) is 39.4 Å². The summed E-state index contributed by atoms with van der Waals surface area (Å²) >= 11 is 1.37. The Bertz CT molecular complexity index is 584. The lowest BCUT2D eigenvalue weighted by molar-refractivity contribution is 0.0531. The first kappa shape index (κ1) is 22.4. The van der Waals surface area contributed by atoms with Crippen LogP contribution >= 0.6 is 11.3 Å². The molecule has 148 valence electrons. The summed E-state index contributed by atoms with van der Waals surface area (Å²) in [5.41, 5.74) is 0.709. The van der Waals surface area contributed by atoms with Crippen LogP contribution in [-0.4, -0.2) is 61.1 Å². The minimum atomic E-state index is -0.305. The Morgan fingerprint density at radius 2 is 2.00 bits per heavy atom. The van der Waals surface area contributed by atoms with E-state index >= 15 is 0 Å². The van der Waals surface area contributed by atoms with Gasteiger partial charge in [-0.2, -0.15) is 0 Å². The predicted octanol–water partition coefficient (Wildman–Crippen LogP) is 2.59. The highest BCUT2D eigenvalue weighted by molar-refractivity contribution is 7.13. The fourth-order valence-corrected chi connectivity index (χ4v) is 3.38. The first-order valence-electron chi connectivity index (χ1n) is 9.38. The zero-order valence-corrected chi connectivity index (χ0v) is 17.7. The molecule has 7 nitrogen and oxygen atoms in total. The average molecular weight is 384 g/mol. The molecular formula is C18H33N5O2S.